The minimum absolute atomic E-state index is 0.136. The number of amides is 1. The molecule has 5 nitrogen and oxygen atoms in total. The van der Waals surface area contributed by atoms with E-state index in [2.05, 4.69) is 4.98 Å². The Balaban J connectivity index is 2.39. The highest BCUT2D eigenvalue weighted by Gasteiger charge is 2.12. The van der Waals surface area contributed by atoms with Gasteiger partial charge in [-0.3, -0.25) is 10.2 Å². The van der Waals surface area contributed by atoms with Gasteiger partial charge < -0.3 is 5.11 Å². The molecule has 0 unspecified atom stereocenters. The molecule has 0 aliphatic carbocycles. The zero-order valence-corrected chi connectivity index (χ0v) is 8.99. The number of thiazole rings is 1. The van der Waals surface area contributed by atoms with Crippen molar-refractivity contribution in [3.63, 3.8) is 0 Å². The van der Waals surface area contributed by atoms with E-state index in [0.29, 0.717) is 10.6 Å². The second-order valence-electron chi connectivity index (χ2n) is 3.03. The zero-order chi connectivity index (χ0) is 11.5. The average molecular weight is 235 g/mol. The van der Waals surface area contributed by atoms with E-state index in [0.717, 1.165) is 0 Å². The molecule has 1 amide bonds. The van der Waals surface area contributed by atoms with Crippen LogP contribution in [0.5, 0.6) is 5.75 Å². The van der Waals surface area contributed by atoms with Gasteiger partial charge in [0.15, 0.2) is 0 Å². The Labute approximate surface area is 95.5 Å². The highest BCUT2D eigenvalue weighted by atomic mass is 32.1. The number of para-hydroxylation sites is 1. The second kappa shape index (κ2) is 4.30. The SMILES string of the molecule is NNC(=O)c1csc(-c2ccccc2O)n1. The van der Waals surface area contributed by atoms with Crippen LogP contribution in [-0.4, -0.2) is 16.0 Å². The number of aromatic nitrogens is 1. The predicted molar refractivity (Wildman–Crippen MR) is 60.9 cm³/mol. The lowest BCUT2D eigenvalue weighted by molar-refractivity contribution is 0.0949. The quantitative estimate of drug-likeness (QED) is 0.413. The van der Waals surface area contributed by atoms with Crippen molar-refractivity contribution in [1.29, 1.82) is 0 Å². The normalized spacial score (nSPS) is 10.1. The van der Waals surface area contributed by atoms with Gasteiger partial charge in [-0.25, -0.2) is 10.8 Å². The summed E-state index contributed by atoms with van der Waals surface area (Å²) in [6.07, 6.45) is 0. The zero-order valence-electron chi connectivity index (χ0n) is 8.18. The first-order valence-corrected chi connectivity index (χ1v) is 5.35. The predicted octanol–water partition coefficient (Wildman–Crippen LogP) is 1.12. The van der Waals surface area contributed by atoms with E-state index in [4.69, 9.17) is 5.84 Å². The van der Waals surface area contributed by atoms with Gasteiger partial charge >= 0.3 is 0 Å². The first-order valence-electron chi connectivity index (χ1n) is 4.47. The molecule has 0 radical (unpaired) electrons. The summed E-state index contributed by atoms with van der Waals surface area (Å²) in [5.41, 5.74) is 2.85. The fraction of sp³-hybridized carbons (Fsp3) is 0. The molecule has 0 aliphatic heterocycles. The molecular formula is C10H9N3O2S. The smallest absolute Gasteiger partial charge is 0.284 e. The molecule has 0 saturated heterocycles. The van der Waals surface area contributed by atoms with Crippen LogP contribution >= 0.6 is 11.3 Å². The standard InChI is InChI=1S/C10H9N3O2S/c11-13-9(15)7-5-16-10(12-7)6-3-1-2-4-8(6)14/h1-5,14H,11H2,(H,13,15). The monoisotopic (exact) mass is 235 g/mol. The molecule has 0 saturated carbocycles. The number of nitrogens with one attached hydrogen (secondary N) is 1. The summed E-state index contributed by atoms with van der Waals surface area (Å²) in [6, 6.07) is 6.82. The highest BCUT2D eigenvalue weighted by molar-refractivity contribution is 7.13. The maximum atomic E-state index is 11.2. The molecule has 0 bridgehead atoms. The Bertz CT molecular complexity index is 524. The summed E-state index contributed by atoms with van der Waals surface area (Å²) in [7, 11) is 0. The van der Waals surface area contributed by atoms with Gasteiger partial charge in [0.1, 0.15) is 16.5 Å². The maximum absolute atomic E-state index is 11.2. The van der Waals surface area contributed by atoms with Gasteiger partial charge in [0.2, 0.25) is 0 Å². The van der Waals surface area contributed by atoms with Crippen LogP contribution in [0, 0.1) is 0 Å². The third-order valence-electron chi connectivity index (χ3n) is 2.00. The summed E-state index contributed by atoms with van der Waals surface area (Å²) < 4.78 is 0. The van der Waals surface area contributed by atoms with Gasteiger partial charge in [-0.2, -0.15) is 0 Å². The summed E-state index contributed by atoms with van der Waals surface area (Å²) in [5.74, 6) is 4.69. The van der Waals surface area contributed by atoms with Crippen molar-refractivity contribution in [1.82, 2.24) is 10.4 Å². The van der Waals surface area contributed by atoms with Crippen LogP contribution in [0.1, 0.15) is 10.5 Å². The van der Waals surface area contributed by atoms with Crippen molar-refractivity contribution in [2.24, 2.45) is 5.84 Å². The number of hydrogen-bond acceptors (Lipinski definition) is 5. The number of nitrogens with two attached hydrogens (primary N) is 1. The molecule has 0 aliphatic rings. The van der Waals surface area contributed by atoms with Crippen molar-refractivity contribution < 1.29 is 9.90 Å². The first kappa shape index (κ1) is 10.6. The van der Waals surface area contributed by atoms with Crippen LogP contribution in [0.2, 0.25) is 0 Å². The van der Waals surface area contributed by atoms with E-state index in [9.17, 15) is 9.90 Å². The Kier molecular flexibility index (Phi) is 2.84. The molecule has 2 rings (SSSR count). The van der Waals surface area contributed by atoms with Crippen LogP contribution in [0.25, 0.3) is 10.6 Å². The molecule has 1 heterocycles. The number of aromatic hydroxyl groups is 1. The number of benzene rings is 1. The Hall–Kier alpha value is -1.92. The lowest BCUT2D eigenvalue weighted by Gasteiger charge is -1.98. The number of phenolic OH excluding ortho intramolecular Hbond substituents is 1. The van der Waals surface area contributed by atoms with E-state index >= 15 is 0 Å². The molecule has 1 aromatic carbocycles. The molecule has 0 spiro atoms. The van der Waals surface area contributed by atoms with E-state index < -0.39 is 5.91 Å². The van der Waals surface area contributed by atoms with E-state index in [1.807, 2.05) is 5.43 Å². The second-order valence-corrected chi connectivity index (χ2v) is 3.89. The van der Waals surface area contributed by atoms with Crippen LogP contribution < -0.4 is 11.3 Å². The van der Waals surface area contributed by atoms with Crippen molar-refractivity contribution in [3.05, 3.63) is 35.3 Å². The first-order chi connectivity index (χ1) is 7.72. The van der Waals surface area contributed by atoms with Gasteiger partial charge in [0.05, 0.1) is 5.56 Å². The Morgan fingerprint density at radius 1 is 1.44 bits per heavy atom. The van der Waals surface area contributed by atoms with E-state index in [1.54, 1.807) is 29.6 Å². The fourth-order valence-electron chi connectivity index (χ4n) is 1.23. The minimum atomic E-state index is -0.446. The van der Waals surface area contributed by atoms with E-state index in [-0.39, 0.29) is 11.4 Å². The van der Waals surface area contributed by atoms with Gasteiger partial charge in [0.25, 0.3) is 5.91 Å². The van der Waals surface area contributed by atoms with Crippen LogP contribution in [0.15, 0.2) is 29.6 Å². The number of hydrazine groups is 1. The maximum Gasteiger partial charge on any atom is 0.284 e. The van der Waals surface area contributed by atoms with Gasteiger partial charge in [-0.15, -0.1) is 11.3 Å². The summed E-state index contributed by atoms with van der Waals surface area (Å²) in [4.78, 5) is 15.3. The molecule has 4 N–H and O–H groups in total. The molecule has 82 valence electrons. The molecule has 0 atom stereocenters. The van der Waals surface area contributed by atoms with Crippen LogP contribution in [0.4, 0.5) is 0 Å². The number of carbonyl (C=O) groups excluding carboxylic acids is 1. The Morgan fingerprint density at radius 2 is 2.19 bits per heavy atom. The fourth-order valence-corrected chi connectivity index (χ4v) is 2.06. The van der Waals surface area contributed by atoms with Crippen LogP contribution in [0.3, 0.4) is 0 Å². The number of carbonyl (C=O) groups is 1. The van der Waals surface area contributed by atoms with Crippen LogP contribution in [-0.2, 0) is 0 Å². The van der Waals surface area contributed by atoms with Crippen molar-refractivity contribution in [3.8, 4) is 16.3 Å². The van der Waals surface area contributed by atoms with E-state index in [1.165, 1.54) is 11.3 Å². The van der Waals surface area contributed by atoms with Gasteiger partial charge in [-0.1, -0.05) is 12.1 Å². The number of nitrogen functional groups attached to an aromatic ring is 1. The minimum Gasteiger partial charge on any atom is -0.507 e. The summed E-state index contributed by atoms with van der Waals surface area (Å²) in [5, 5.41) is 11.8. The topological polar surface area (TPSA) is 88.2 Å². The van der Waals surface area contributed by atoms with Gasteiger partial charge in [-0.05, 0) is 12.1 Å². The molecular weight excluding hydrogens is 226 g/mol. The Morgan fingerprint density at radius 3 is 2.88 bits per heavy atom. The lowest BCUT2D eigenvalue weighted by Crippen LogP contribution is -2.30. The summed E-state index contributed by atoms with van der Waals surface area (Å²) >= 11 is 1.27. The molecule has 16 heavy (non-hydrogen) atoms. The molecule has 1 aromatic heterocycles. The number of rotatable bonds is 2. The molecule has 0 fully saturated rings. The average Bonchev–Trinajstić information content (AvgIpc) is 2.78. The molecule has 6 heteroatoms. The number of hydrogen-bond donors (Lipinski definition) is 3. The largest absolute Gasteiger partial charge is 0.507 e. The number of nitrogens with zero attached hydrogens (tertiary/aromatic N) is 1. The number of phenols is 1. The van der Waals surface area contributed by atoms with Gasteiger partial charge in [0, 0.05) is 5.38 Å². The summed E-state index contributed by atoms with van der Waals surface area (Å²) in [6.45, 7) is 0. The highest BCUT2D eigenvalue weighted by Crippen LogP contribution is 2.30. The van der Waals surface area contributed by atoms with Crippen molar-refractivity contribution in [2.45, 2.75) is 0 Å². The third kappa shape index (κ3) is 1.88. The molecule has 2 aromatic rings. The third-order valence-corrected chi connectivity index (χ3v) is 2.88. The van der Waals surface area contributed by atoms with Crippen molar-refractivity contribution in [2.75, 3.05) is 0 Å². The van der Waals surface area contributed by atoms with Crippen molar-refractivity contribution >= 4 is 17.2 Å². The lowest BCUT2D eigenvalue weighted by atomic mass is 10.2.